The lowest BCUT2D eigenvalue weighted by Gasteiger charge is -2.36. The predicted octanol–water partition coefficient (Wildman–Crippen LogP) is 3.59. The minimum atomic E-state index is -2.81. The van der Waals surface area contributed by atoms with Crippen LogP contribution < -0.4 is 4.74 Å². The van der Waals surface area contributed by atoms with E-state index in [1.807, 2.05) is 6.07 Å². The Morgan fingerprint density at radius 1 is 1.08 bits per heavy atom. The zero-order valence-electron chi connectivity index (χ0n) is 14.3. The molecule has 0 saturated carbocycles. The average Bonchev–Trinajstić information content (AvgIpc) is 2.56. The van der Waals surface area contributed by atoms with Gasteiger partial charge in [-0.25, -0.2) is 0 Å². The molecule has 2 aromatic rings. The highest BCUT2D eigenvalue weighted by atomic mass is 19.3. The van der Waals surface area contributed by atoms with E-state index in [9.17, 15) is 13.6 Å². The Morgan fingerprint density at radius 2 is 1.73 bits per heavy atom. The van der Waals surface area contributed by atoms with E-state index in [-0.39, 0.29) is 11.7 Å². The summed E-state index contributed by atoms with van der Waals surface area (Å²) in [5.41, 5.74) is 3.28. The smallest absolute Gasteiger partial charge is 0.387 e. The molecule has 0 amide bonds. The van der Waals surface area contributed by atoms with Crippen LogP contribution in [0.25, 0.3) is 0 Å². The Hall–Kier alpha value is -2.47. The highest BCUT2D eigenvalue weighted by Gasteiger charge is 2.31. The van der Waals surface area contributed by atoms with Crippen LogP contribution in [0.2, 0.25) is 0 Å². The van der Waals surface area contributed by atoms with E-state index in [1.54, 1.807) is 12.1 Å². The van der Waals surface area contributed by atoms with Crippen LogP contribution >= 0.6 is 0 Å². The van der Waals surface area contributed by atoms with Gasteiger partial charge in [0.15, 0.2) is 0 Å². The molecular formula is C20H21F2NO3. The number of benzene rings is 2. The van der Waals surface area contributed by atoms with Crippen LogP contribution in [-0.4, -0.2) is 35.7 Å². The van der Waals surface area contributed by atoms with E-state index in [0.717, 1.165) is 30.5 Å². The predicted molar refractivity (Wildman–Crippen MR) is 93.3 cm³/mol. The van der Waals surface area contributed by atoms with Crippen LogP contribution in [0.15, 0.2) is 48.5 Å². The number of carbonyl (C=O) groups is 1. The quantitative estimate of drug-likeness (QED) is 0.781. The van der Waals surface area contributed by atoms with Crippen molar-refractivity contribution in [3.8, 4) is 5.75 Å². The maximum absolute atomic E-state index is 12.3. The summed E-state index contributed by atoms with van der Waals surface area (Å²) < 4.78 is 29.0. The summed E-state index contributed by atoms with van der Waals surface area (Å²) in [4.78, 5) is 12.9. The molecule has 3 rings (SSSR count). The standard InChI is InChI=1S/C20H21F2NO3/c21-20(22)26-18-3-1-2-15(10-18)7-4-14-5-8-16(9-6-14)11-23-12-17(13-23)19(24)25/h1-3,5-6,8-10,17,20H,4,7,11-13H2,(H,24,25). The molecule has 1 aliphatic heterocycles. The third kappa shape index (κ3) is 5.02. The zero-order valence-corrected chi connectivity index (χ0v) is 14.3. The second-order valence-electron chi connectivity index (χ2n) is 6.57. The van der Waals surface area contributed by atoms with Crippen molar-refractivity contribution in [3.05, 3.63) is 65.2 Å². The lowest BCUT2D eigenvalue weighted by Crippen LogP contribution is -2.49. The van der Waals surface area contributed by atoms with Gasteiger partial charge in [-0.3, -0.25) is 9.69 Å². The van der Waals surface area contributed by atoms with Gasteiger partial charge >= 0.3 is 12.6 Å². The molecule has 6 heteroatoms. The number of hydrogen-bond acceptors (Lipinski definition) is 3. The molecule has 1 saturated heterocycles. The van der Waals surface area contributed by atoms with Crippen molar-refractivity contribution < 1.29 is 23.4 Å². The molecule has 0 atom stereocenters. The van der Waals surface area contributed by atoms with Crippen molar-refractivity contribution in [2.24, 2.45) is 5.92 Å². The van der Waals surface area contributed by atoms with Gasteiger partial charge in [0.1, 0.15) is 5.75 Å². The number of nitrogens with zero attached hydrogens (tertiary/aromatic N) is 1. The van der Waals surface area contributed by atoms with Crippen LogP contribution in [0.3, 0.4) is 0 Å². The number of alkyl halides is 2. The maximum atomic E-state index is 12.3. The van der Waals surface area contributed by atoms with Gasteiger partial charge in [-0.1, -0.05) is 36.4 Å². The molecule has 4 nitrogen and oxygen atoms in total. The number of ether oxygens (including phenoxy) is 1. The van der Waals surface area contributed by atoms with Crippen molar-refractivity contribution in [2.45, 2.75) is 26.0 Å². The molecule has 0 aromatic heterocycles. The van der Waals surface area contributed by atoms with Gasteiger partial charge in [0.05, 0.1) is 5.92 Å². The van der Waals surface area contributed by atoms with Crippen LogP contribution in [0.5, 0.6) is 5.75 Å². The number of carboxylic acid groups (broad SMARTS) is 1. The Morgan fingerprint density at radius 3 is 2.38 bits per heavy atom. The van der Waals surface area contributed by atoms with Crippen LogP contribution in [-0.2, 0) is 24.2 Å². The Labute approximate surface area is 151 Å². The van der Waals surface area contributed by atoms with Crippen molar-refractivity contribution in [3.63, 3.8) is 0 Å². The number of likely N-dealkylation sites (tertiary alicyclic amines) is 1. The van der Waals surface area contributed by atoms with E-state index in [1.165, 1.54) is 11.6 Å². The molecule has 0 aliphatic carbocycles. The maximum Gasteiger partial charge on any atom is 0.387 e. The SMILES string of the molecule is O=C(O)C1CN(Cc2ccc(CCc3cccc(OC(F)F)c3)cc2)C1. The van der Waals surface area contributed by atoms with Crippen molar-refractivity contribution in [1.82, 2.24) is 4.90 Å². The Bertz CT molecular complexity index is 743. The Balaban J connectivity index is 1.48. The van der Waals surface area contributed by atoms with Gasteiger partial charge in [-0.2, -0.15) is 8.78 Å². The molecule has 1 heterocycles. The van der Waals surface area contributed by atoms with Crippen LogP contribution in [0, 0.1) is 5.92 Å². The number of aliphatic carboxylic acids is 1. The lowest BCUT2D eigenvalue weighted by molar-refractivity contribution is -0.147. The summed E-state index contributed by atoms with van der Waals surface area (Å²) in [6, 6.07) is 15.0. The summed E-state index contributed by atoms with van der Waals surface area (Å²) >= 11 is 0. The van der Waals surface area contributed by atoms with Crippen LogP contribution in [0.1, 0.15) is 16.7 Å². The molecule has 0 radical (unpaired) electrons. The van der Waals surface area contributed by atoms with Gasteiger partial charge in [-0.15, -0.1) is 0 Å². The summed E-state index contributed by atoms with van der Waals surface area (Å²) in [6.45, 7) is -0.839. The van der Waals surface area contributed by atoms with E-state index in [0.29, 0.717) is 13.1 Å². The number of halogens is 2. The van der Waals surface area contributed by atoms with Crippen molar-refractivity contribution in [1.29, 1.82) is 0 Å². The number of carboxylic acids is 1. The van der Waals surface area contributed by atoms with Gasteiger partial charge in [0, 0.05) is 19.6 Å². The third-order valence-electron chi connectivity index (χ3n) is 4.56. The average molecular weight is 361 g/mol. The first kappa shape index (κ1) is 18.3. The van der Waals surface area contributed by atoms with E-state index in [2.05, 4.69) is 33.9 Å². The fraction of sp³-hybridized carbons (Fsp3) is 0.350. The van der Waals surface area contributed by atoms with E-state index < -0.39 is 12.6 Å². The van der Waals surface area contributed by atoms with E-state index >= 15 is 0 Å². The normalized spacial score (nSPS) is 15.0. The second-order valence-corrected chi connectivity index (χ2v) is 6.57. The molecule has 0 unspecified atom stereocenters. The fourth-order valence-electron chi connectivity index (χ4n) is 3.09. The van der Waals surface area contributed by atoms with Crippen molar-refractivity contribution in [2.75, 3.05) is 13.1 Å². The van der Waals surface area contributed by atoms with Gasteiger partial charge in [0.2, 0.25) is 0 Å². The monoisotopic (exact) mass is 361 g/mol. The minimum absolute atomic E-state index is 0.182. The first-order valence-corrected chi connectivity index (χ1v) is 8.56. The minimum Gasteiger partial charge on any atom is -0.481 e. The zero-order chi connectivity index (χ0) is 18.5. The molecule has 0 bridgehead atoms. The molecule has 138 valence electrons. The van der Waals surface area contributed by atoms with Crippen molar-refractivity contribution >= 4 is 5.97 Å². The molecule has 2 aromatic carbocycles. The molecule has 1 N–H and O–H groups in total. The number of rotatable bonds is 8. The number of aryl methyl sites for hydroxylation is 2. The largest absolute Gasteiger partial charge is 0.481 e. The molecule has 26 heavy (non-hydrogen) atoms. The fourth-order valence-corrected chi connectivity index (χ4v) is 3.09. The number of hydrogen-bond donors (Lipinski definition) is 1. The van der Waals surface area contributed by atoms with E-state index in [4.69, 9.17) is 5.11 Å². The van der Waals surface area contributed by atoms with Crippen LogP contribution in [0.4, 0.5) is 8.78 Å². The van der Waals surface area contributed by atoms with Gasteiger partial charge in [-0.05, 0) is 41.7 Å². The first-order chi connectivity index (χ1) is 12.5. The summed E-state index contributed by atoms with van der Waals surface area (Å²) in [5.74, 6) is -0.777. The third-order valence-corrected chi connectivity index (χ3v) is 4.56. The molecular weight excluding hydrogens is 340 g/mol. The lowest BCUT2D eigenvalue weighted by atomic mass is 9.99. The second kappa shape index (κ2) is 8.27. The summed E-state index contributed by atoms with van der Waals surface area (Å²) in [5, 5.41) is 8.89. The molecule has 0 spiro atoms. The molecule has 1 fully saturated rings. The Kier molecular flexibility index (Phi) is 5.83. The van der Waals surface area contributed by atoms with Gasteiger partial charge < -0.3 is 9.84 Å². The highest BCUT2D eigenvalue weighted by Crippen LogP contribution is 2.20. The van der Waals surface area contributed by atoms with Gasteiger partial charge in [0.25, 0.3) is 0 Å². The topological polar surface area (TPSA) is 49.8 Å². The molecule has 1 aliphatic rings. The highest BCUT2D eigenvalue weighted by molar-refractivity contribution is 5.71. The summed E-state index contributed by atoms with van der Waals surface area (Å²) in [6.07, 6.45) is 1.55. The first-order valence-electron chi connectivity index (χ1n) is 8.56. The summed E-state index contributed by atoms with van der Waals surface area (Å²) in [7, 11) is 0.